The van der Waals surface area contributed by atoms with Crippen LogP contribution in [0.15, 0.2) is 18.6 Å². The third-order valence-electron chi connectivity index (χ3n) is 1.71. The van der Waals surface area contributed by atoms with E-state index in [0.717, 1.165) is 11.4 Å². The van der Waals surface area contributed by atoms with E-state index in [0.29, 0.717) is 6.54 Å². The van der Waals surface area contributed by atoms with E-state index in [9.17, 15) is 0 Å². The van der Waals surface area contributed by atoms with Crippen LogP contribution in [0.5, 0.6) is 0 Å². The van der Waals surface area contributed by atoms with Crippen molar-refractivity contribution in [3.05, 3.63) is 24.3 Å². The van der Waals surface area contributed by atoms with Crippen molar-refractivity contribution in [2.24, 2.45) is 12.8 Å². The second-order valence-corrected chi connectivity index (χ2v) is 2.73. The van der Waals surface area contributed by atoms with Gasteiger partial charge in [-0.15, -0.1) is 5.10 Å². The molecule has 0 saturated heterocycles. The van der Waals surface area contributed by atoms with Gasteiger partial charge in [0.1, 0.15) is 5.69 Å². The summed E-state index contributed by atoms with van der Waals surface area (Å²) < 4.78 is 3.36. The van der Waals surface area contributed by atoms with Crippen molar-refractivity contribution in [1.29, 1.82) is 0 Å². The number of aryl methyl sites for hydroxylation is 1. The zero-order valence-corrected chi connectivity index (χ0v) is 7.25. The summed E-state index contributed by atoms with van der Waals surface area (Å²) in [6.45, 7) is 0.403. The maximum Gasteiger partial charge on any atom is 0.104 e. The summed E-state index contributed by atoms with van der Waals surface area (Å²) in [6.07, 6.45) is 5.36. The van der Waals surface area contributed by atoms with Gasteiger partial charge in [0.05, 0.1) is 24.3 Å². The minimum absolute atomic E-state index is 0.403. The fourth-order valence-electron chi connectivity index (χ4n) is 1.04. The van der Waals surface area contributed by atoms with Gasteiger partial charge in [0.25, 0.3) is 0 Å². The number of nitrogens with zero attached hydrogens (tertiary/aromatic N) is 5. The van der Waals surface area contributed by atoms with Gasteiger partial charge in [0.15, 0.2) is 0 Å². The monoisotopic (exact) mass is 178 g/mol. The minimum atomic E-state index is 0.403. The molecule has 0 amide bonds. The Kier molecular flexibility index (Phi) is 1.82. The Labute approximate surface area is 75.0 Å². The first-order valence-corrected chi connectivity index (χ1v) is 3.90. The number of hydrogen-bond acceptors (Lipinski definition) is 4. The molecule has 2 aromatic rings. The topological polar surface area (TPSA) is 74.5 Å². The van der Waals surface area contributed by atoms with Crippen LogP contribution < -0.4 is 5.73 Å². The number of hydrogen-bond donors (Lipinski definition) is 1. The van der Waals surface area contributed by atoms with E-state index < -0.39 is 0 Å². The Morgan fingerprint density at radius 2 is 2.31 bits per heavy atom. The van der Waals surface area contributed by atoms with Gasteiger partial charge in [0.2, 0.25) is 0 Å². The van der Waals surface area contributed by atoms with Crippen LogP contribution in [0.25, 0.3) is 5.69 Å². The molecule has 0 spiro atoms. The van der Waals surface area contributed by atoms with Gasteiger partial charge in [-0.25, -0.2) is 4.68 Å². The van der Waals surface area contributed by atoms with E-state index in [4.69, 9.17) is 5.73 Å². The highest BCUT2D eigenvalue weighted by atomic mass is 15.4. The summed E-state index contributed by atoms with van der Waals surface area (Å²) >= 11 is 0. The fraction of sp³-hybridized carbons (Fsp3) is 0.286. The van der Waals surface area contributed by atoms with Gasteiger partial charge in [-0.2, -0.15) is 5.10 Å². The van der Waals surface area contributed by atoms with Gasteiger partial charge in [0, 0.05) is 13.6 Å². The van der Waals surface area contributed by atoms with E-state index in [2.05, 4.69) is 15.4 Å². The summed E-state index contributed by atoms with van der Waals surface area (Å²) in [6, 6.07) is 0. The maximum absolute atomic E-state index is 5.41. The smallest absolute Gasteiger partial charge is 0.104 e. The first-order valence-electron chi connectivity index (χ1n) is 3.90. The predicted molar refractivity (Wildman–Crippen MR) is 46.0 cm³/mol. The van der Waals surface area contributed by atoms with Crippen LogP contribution in [0.3, 0.4) is 0 Å². The third kappa shape index (κ3) is 1.43. The Morgan fingerprint density at radius 3 is 2.85 bits per heavy atom. The van der Waals surface area contributed by atoms with Crippen LogP contribution in [0.1, 0.15) is 5.69 Å². The van der Waals surface area contributed by atoms with Crippen LogP contribution in [0.4, 0.5) is 0 Å². The first kappa shape index (κ1) is 7.93. The average molecular weight is 178 g/mol. The molecule has 2 N–H and O–H groups in total. The second kappa shape index (κ2) is 2.98. The standard InChI is InChI=1S/C7H10N6/c1-12-5-7(3-9-12)13-4-6(2-8)10-11-13/h3-5H,2,8H2,1H3. The average Bonchev–Trinajstić information content (AvgIpc) is 2.71. The van der Waals surface area contributed by atoms with Crippen molar-refractivity contribution in [1.82, 2.24) is 24.8 Å². The number of rotatable bonds is 2. The molecule has 6 heteroatoms. The molecule has 2 heterocycles. The quantitative estimate of drug-likeness (QED) is 0.670. The molecule has 0 aliphatic heterocycles. The highest BCUT2D eigenvalue weighted by Crippen LogP contribution is 2.03. The molecule has 68 valence electrons. The van der Waals surface area contributed by atoms with E-state index >= 15 is 0 Å². The molecule has 0 unspecified atom stereocenters. The summed E-state index contributed by atoms with van der Waals surface area (Å²) in [7, 11) is 1.85. The Balaban J connectivity index is 2.35. The lowest BCUT2D eigenvalue weighted by atomic mass is 10.5. The molecule has 0 aliphatic rings. The largest absolute Gasteiger partial charge is 0.325 e. The molecule has 0 bridgehead atoms. The van der Waals surface area contributed by atoms with Gasteiger partial charge in [-0.3, -0.25) is 4.68 Å². The third-order valence-corrected chi connectivity index (χ3v) is 1.71. The van der Waals surface area contributed by atoms with E-state index in [1.165, 1.54) is 0 Å². The Morgan fingerprint density at radius 1 is 1.46 bits per heavy atom. The van der Waals surface area contributed by atoms with Crippen molar-refractivity contribution in [3.8, 4) is 5.69 Å². The van der Waals surface area contributed by atoms with Crippen molar-refractivity contribution in [2.75, 3.05) is 0 Å². The summed E-state index contributed by atoms with van der Waals surface area (Å²) in [4.78, 5) is 0. The van der Waals surface area contributed by atoms with Crippen LogP contribution in [0.2, 0.25) is 0 Å². The summed E-state index contributed by atoms with van der Waals surface area (Å²) in [5.41, 5.74) is 7.06. The lowest BCUT2D eigenvalue weighted by Gasteiger charge is -1.90. The second-order valence-electron chi connectivity index (χ2n) is 2.73. The summed E-state index contributed by atoms with van der Waals surface area (Å²) in [5, 5.41) is 11.8. The lowest BCUT2D eigenvalue weighted by Crippen LogP contribution is -1.95. The molecular weight excluding hydrogens is 168 g/mol. The summed E-state index contributed by atoms with van der Waals surface area (Å²) in [5.74, 6) is 0. The van der Waals surface area contributed by atoms with Crippen LogP contribution in [-0.2, 0) is 13.6 Å². The van der Waals surface area contributed by atoms with Crippen molar-refractivity contribution in [2.45, 2.75) is 6.54 Å². The molecule has 0 aliphatic carbocycles. The Bertz CT molecular complexity index is 401. The molecule has 2 aromatic heterocycles. The molecule has 0 atom stereocenters. The van der Waals surface area contributed by atoms with Gasteiger partial charge in [-0.1, -0.05) is 5.21 Å². The molecule has 2 rings (SSSR count). The van der Waals surface area contributed by atoms with E-state index in [1.807, 2.05) is 13.2 Å². The van der Waals surface area contributed by atoms with Crippen LogP contribution in [-0.4, -0.2) is 24.8 Å². The zero-order valence-electron chi connectivity index (χ0n) is 7.25. The van der Waals surface area contributed by atoms with Crippen LogP contribution in [0, 0.1) is 0 Å². The van der Waals surface area contributed by atoms with Gasteiger partial charge < -0.3 is 5.73 Å². The maximum atomic E-state index is 5.41. The minimum Gasteiger partial charge on any atom is -0.325 e. The number of aromatic nitrogens is 5. The molecule has 0 fully saturated rings. The van der Waals surface area contributed by atoms with Crippen molar-refractivity contribution >= 4 is 0 Å². The highest BCUT2D eigenvalue weighted by Gasteiger charge is 2.02. The molecule has 0 radical (unpaired) electrons. The Hall–Kier alpha value is -1.69. The van der Waals surface area contributed by atoms with Crippen LogP contribution >= 0.6 is 0 Å². The van der Waals surface area contributed by atoms with E-state index in [-0.39, 0.29) is 0 Å². The predicted octanol–water partition coefficient (Wildman–Crippen LogP) is -0.541. The van der Waals surface area contributed by atoms with E-state index in [1.54, 1.807) is 21.8 Å². The van der Waals surface area contributed by atoms with Gasteiger partial charge in [-0.05, 0) is 0 Å². The highest BCUT2D eigenvalue weighted by molar-refractivity contribution is 5.23. The normalized spacial score (nSPS) is 10.6. The zero-order chi connectivity index (χ0) is 9.26. The molecule has 0 saturated carbocycles. The van der Waals surface area contributed by atoms with Crippen molar-refractivity contribution < 1.29 is 0 Å². The molecule has 0 aromatic carbocycles. The first-order chi connectivity index (χ1) is 6.29. The molecule has 6 nitrogen and oxygen atoms in total. The van der Waals surface area contributed by atoms with Crippen molar-refractivity contribution in [3.63, 3.8) is 0 Å². The number of nitrogens with two attached hydrogens (primary N) is 1. The SMILES string of the molecule is Cn1cc(-n2cc(CN)nn2)cn1. The fourth-order valence-corrected chi connectivity index (χ4v) is 1.04. The molecular formula is C7H10N6. The van der Waals surface area contributed by atoms with Gasteiger partial charge >= 0.3 is 0 Å². The lowest BCUT2D eigenvalue weighted by molar-refractivity contribution is 0.763. The molecule has 13 heavy (non-hydrogen) atoms.